The Morgan fingerprint density at radius 2 is 2.20 bits per heavy atom. The SMILES string of the molecule is CC(C)CC(N)c1cncn1-c1ccc2ncsc2c1. The number of rotatable bonds is 4. The maximum Gasteiger partial charge on any atom is 0.0994 e. The number of hydrogen-bond acceptors (Lipinski definition) is 4. The second-order valence-corrected chi connectivity index (χ2v) is 6.32. The molecule has 0 spiro atoms. The third kappa shape index (κ3) is 2.46. The van der Waals surface area contributed by atoms with E-state index in [1.165, 1.54) is 4.70 Å². The smallest absolute Gasteiger partial charge is 0.0994 e. The van der Waals surface area contributed by atoms with Crippen LogP contribution < -0.4 is 5.73 Å². The Labute approximate surface area is 122 Å². The Balaban J connectivity index is 1.99. The minimum absolute atomic E-state index is 0.00894. The molecule has 0 amide bonds. The highest BCUT2D eigenvalue weighted by atomic mass is 32.1. The molecule has 0 aliphatic rings. The molecule has 1 atom stereocenters. The van der Waals surface area contributed by atoms with E-state index in [9.17, 15) is 0 Å². The molecule has 0 saturated carbocycles. The topological polar surface area (TPSA) is 56.7 Å². The quantitative estimate of drug-likeness (QED) is 0.798. The van der Waals surface area contributed by atoms with Crippen LogP contribution in [0.15, 0.2) is 36.2 Å². The first-order valence-corrected chi connectivity index (χ1v) is 7.64. The maximum atomic E-state index is 6.30. The van der Waals surface area contributed by atoms with Crippen molar-refractivity contribution >= 4 is 21.6 Å². The summed E-state index contributed by atoms with van der Waals surface area (Å²) in [6.45, 7) is 4.37. The fourth-order valence-corrected chi connectivity index (χ4v) is 3.13. The minimum atomic E-state index is 0.00894. The summed E-state index contributed by atoms with van der Waals surface area (Å²) in [5.41, 5.74) is 11.4. The summed E-state index contributed by atoms with van der Waals surface area (Å²) in [7, 11) is 0. The van der Waals surface area contributed by atoms with E-state index in [1.807, 2.05) is 24.1 Å². The molecule has 0 saturated heterocycles. The highest BCUT2D eigenvalue weighted by molar-refractivity contribution is 7.16. The van der Waals surface area contributed by atoms with Crippen molar-refractivity contribution in [1.82, 2.24) is 14.5 Å². The van der Waals surface area contributed by atoms with Crippen LogP contribution >= 0.6 is 11.3 Å². The van der Waals surface area contributed by atoms with Crippen LogP contribution in [0.4, 0.5) is 0 Å². The first kappa shape index (κ1) is 13.3. The molecule has 0 aliphatic heterocycles. The van der Waals surface area contributed by atoms with Crippen molar-refractivity contribution in [2.45, 2.75) is 26.3 Å². The van der Waals surface area contributed by atoms with Crippen molar-refractivity contribution in [2.24, 2.45) is 11.7 Å². The number of hydrogen-bond donors (Lipinski definition) is 1. The fraction of sp³-hybridized carbons (Fsp3) is 0.333. The van der Waals surface area contributed by atoms with E-state index in [4.69, 9.17) is 5.73 Å². The Bertz CT molecular complexity index is 713. The van der Waals surface area contributed by atoms with Gasteiger partial charge < -0.3 is 10.3 Å². The van der Waals surface area contributed by atoms with E-state index in [2.05, 4.69) is 40.5 Å². The van der Waals surface area contributed by atoms with Crippen molar-refractivity contribution in [3.8, 4) is 5.69 Å². The average molecular weight is 286 g/mol. The summed E-state index contributed by atoms with van der Waals surface area (Å²) >= 11 is 1.65. The van der Waals surface area contributed by atoms with Gasteiger partial charge in [-0.05, 0) is 30.5 Å². The monoisotopic (exact) mass is 286 g/mol. The summed E-state index contributed by atoms with van der Waals surface area (Å²) in [4.78, 5) is 8.57. The molecule has 0 fully saturated rings. The van der Waals surface area contributed by atoms with Crippen LogP contribution in [-0.4, -0.2) is 14.5 Å². The number of fused-ring (bicyclic) bond motifs is 1. The molecular formula is C15H18N4S. The summed E-state index contributed by atoms with van der Waals surface area (Å²) in [6, 6.07) is 6.25. The molecule has 3 rings (SSSR count). The fourth-order valence-electron chi connectivity index (χ4n) is 2.42. The van der Waals surface area contributed by atoms with Crippen LogP contribution in [0.25, 0.3) is 15.9 Å². The number of imidazole rings is 1. The molecule has 1 aromatic carbocycles. The van der Waals surface area contributed by atoms with Crippen LogP contribution in [-0.2, 0) is 0 Å². The number of benzene rings is 1. The Kier molecular flexibility index (Phi) is 3.54. The summed E-state index contributed by atoms with van der Waals surface area (Å²) in [5, 5.41) is 0. The second-order valence-electron chi connectivity index (χ2n) is 5.43. The predicted molar refractivity (Wildman–Crippen MR) is 83.1 cm³/mol. The Hall–Kier alpha value is -1.72. The molecule has 0 radical (unpaired) electrons. The van der Waals surface area contributed by atoms with Crippen molar-refractivity contribution in [2.75, 3.05) is 0 Å². The molecule has 5 heteroatoms. The zero-order chi connectivity index (χ0) is 14.1. The van der Waals surface area contributed by atoms with Gasteiger partial charge >= 0.3 is 0 Å². The maximum absolute atomic E-state index is 6.30. The molecule has 0 bridgehead atoms. The Morgan fingerprint density at radius 3 is 3.00 bits per heavy atom. The number of aromatic nitrogens is 3. The van der Waals surface area contributed by atoms with Gasteiger partial charge in [-0.2, -0.15) is 0 Å². The van der Waals surface area contributed by atoms with Gasteiger partial charge in [-0.25, -0.2) is 9.97 Å². The third-order valence-corrected chi connectivity index (χ3v) is 4.16. The van der Waals surface area contributed by atoms with Gasteiger partial charge in [0.2, 0.25) is 0 Å². The molecule has 2 N–H and O–H groups in total. The molecule has 20 heavy (non-hydrogen) atoms. The van der Waals surface area contributed by atoms with Gasteiger partial charge in [0.05, 0.1) is 33.9 Å². The average Bonchev–Trinajstić information content (AvgIpc) is 3.06. The van der Waals surface area contributed by atoms with Gasteiger partial charge in [0, 0.05) is 11.7 Å². The molecule has 2 heterocycles. The van der Waals surface area contributed by atoms with E-state index in [0.717, 1.165) is 23.3 Å². The number of thiazole rings is 1. The van der Waals surface area contributed by atoms with Gasteiger partial charge in [-0.15, -0.1) is 11.3 Å². The van der Waals surface area contributed by atoms with Gasteiger partial charge in [-0.1, -0.05) is 13.8 Å². The van der Waals surface area contributed by atoms with Gasteiger partial charge in [0.25, 0.3) is 0 Å². The predicted octanol–water partition coefficient (Wildman–Crippen LogP) is 3.53. The second kappa shape index (κ2) is 5.34. The molecule has 2 aromatic heterocycles. The summed E-state index contributed by atoms with van der Waals surface area (Å²) in [5.74, 6) is 0.567. The van der Waals surface area contributed by atoms with Crippen LogP contribution in [0.3, 0.4) is 0 Å². The van der Waals surface area contributed by atoms with E-state index in [-0.39, 0.29) is 6.04 Å². The van der Waals surface area contributed by atoms with Crippen molar-refractivity contribution in [1.29, 1.82) is 0 Å². The van der Waals surface area contributed by atoms with E-state index >= 15 is 0 Å². The van der Waals surface area contributed by atoms with Gasteiger partial charge in [-0.3, -0.25) is 0 Å². The zero-order valence-electron chi connectivity index (χ0n) is 11.7. The Morgan fingerprint density at radius 1 is 1.35 bits per heavy atom. The number of nitrogens with zero attached hydrogens (tertiary/aromatic N) is 3. The molecule has 4 nitrogen and oxygen atoms in total. The highest BCUT2D eigenvalue weighted by Gasteiger charge is 2.14. The largest absolute Gasteiger partial charge is 0.323 e. The summed E-state index contributed by atoms with van der Waals surface area (Å²) < 4.78 is 3.26. The summed E-state index contributed by atoms with van der Waals surface area (Å²) in [6.07, 6.45) is 4.65. The van der Waals surface area contributed by atoms with Crippen molar-refractivity contribution in [3.63, 3.8) is 0 Å². The lowest BCUT2D eigenvalue weighted by Gasteiger charge is -2.16. The molecule has 104 valence electrons. The minimum Gasteiger partial charge on any atom is -0.323 e. The van der Waals surface area contributed by atoms with Crippen LogP contribution in [0.1, 0.15) is 32.0 Å². The number of nitrogens with two attached hydrogens (primary N) is 1. The molecule has 0 aliphatic carbocycles. The highest BCUT2D eigenvalue weighted by Crippen LogP contribution is 2.25. The zero-order valence-corrected chi connectivity index (χ0v) is 12.5. The first-order chi connectivity index (χ1) is 9.65. The van der Waals surface area contributed by atoms with E-state index in [1.54, 1.807) is 11.3 Å². The standard InChI is InChI=1S/C15H18N4S/c1-10(2)5-12(16)14-7-17-8-19(14)11-3-4-13-15(6-11)20-9-18-13/h3-4,6-10,12H,5,16H2,1-2H3. The van der Waals surface area contributed by atoms with Gasteiger partial charge in [0.1, 0.15) is 0 Å². The molecular weight excluding hydrogens is 268 g/mol. The first-order valence-electron chi connectivity index (χ1n) is 6.76. The normalized spacial score (nSPS) is 13.2. The van der Waals surface area contributed by atoms with Crippen LogP contribution in [0, 0.1) is 5.92 Å². The van der Waals surface area contributed by atoms with Crippen molar-refractivity contribution < 1.29 is 0 Å². The van der Waals surface area contributed by atoms with Crippen LogP contribution in [0.2, 0.25) is 0 Å². The van der Waals surface area contributed by atoms with Crippen molar-refractivity contribution in [3.05, 3.63) is 41.9 Å². The van der Waals surface area contributed by atoms with E-state index < -0.39 is 0 Å². The lowest BCUT2D eigenvalue weighted by molar-refractivity contribution is 0.498. The van der Waals surface area contributed by atoms with E-state index in [0.29, 0.717) is 5.92 Å². The lowest BCUT2D eigenvalue weighted by atomic mass is 10.0. The van der Waals surface area contributed by atoms with Gasteiger partial charge in [0.15, 0.2) is 0 Å². The lowest BCUT2D eigenvalue weighted by Crippen LogP contribution is -2.16. The molecule has 3 aromatic rings. The third-order valence-electron chi connectivity index (χ3n) is 3.37. The molecule has 1 unspecified atom stereocenters. The van der Waals surface area contributed by atoms with Crippen LogP contribution in [0.5, 0.6) is 0 Å².